The van der Waals surface area contributed by atoms with Gasteiger partial charge < -0.3 is 10.6 Å². The van der Waals surface area contributed by atoms with Crippen LogP contribution in [0.15, 0.2) is 0 Å². The van der Waals surface area contributed by atoms with Gasteiger partial charge in [0.05, 0.1) is 0 Å². The van der Waals surface area contributed by atoms with Crippen LogP contribution in [0.4, 0.5) is 0 Å². The van der Waals surface area contributed by atoms with Crippen molar-refractivity contribution in [2.75, 3.05) is 12.7 Å². The van der Waals surface area contributed by atoms with E-state index in [4.69, 9.17) is 0 Å². The van der Waals surface area contributed by atoms with E-state index >= 15 is 0 Å². The summed E-state index contributed by atoms with van der Waals surface area (Å²) in [7, 11) is 12.0. The van der Waals surface area contributed by atoms with Crippen LogP contribution in [-0.4, -0.2) is 47.2 Å². The molecule has 0 aromatic heterocycles. The lowest BCUT2D eigenvalue weighted by Gasteiger charge is -2.46. The molecule has 1 heterocycles. The molecule has 11 unspecified atom stereocenters. The first-order valence-electron chi connectivity index (χ1n) is 10.1. The average molecular weight is 438 g/mol. The van der Waals surface area contributed by atoms with E-state index in [-0.39, 0.29) is 17.5 Å². The number of carbonyl (C=O) groups excluding carboxylic acids is 1. The van der Waals surface area contributed by atoms with Crippen molar-refractivity contribution in [2.24, 2.45) is 17.8 Å². The standard InChI is InChI=1S/C19H42N2OP4/c1-6-11(3)19(5,12(4)7-2)21-14-9-20-15(22)8-13(10-23)16(24)18(26)17(14)25/h11-14,16-18,21H,6-10,23-26H2,1-5H3,(H,20,22). The summed E-state index contributed by atoms with van der Waals surface area (Å²) in [5.74, 6) is 1.71. The van der Waals surface area contributed by atoms with E-state index in [1.54, 1.807) is 0 Å². The molecule has 0 aromatic carbocycles. The molecule has 1 saturated heterocycles. The third kappa shape index (κ3) is 6.07. The fraction of sp³-hybridized carbons (Fsp3) is 0.947. The summed E-state index contributed by atoms with van der Waals surface area (Å²) in [5.41, 5.74) is 1.28. The van der Waals surface area contributed by atoms with E-state index < -0.39 is 0 Å². The maximum absolute atomic E-state index is 12.4. The monoisotopic (exact) mass is 438 g/mol. The number of amides is 1. The van der Waals surface area contributed by atoms with E-state index in [0.717, 1.165) is 19.0 Å². The van der Waals surface area contributed by atoms with Crippen LogP contribution in [0.1, 0.15) is 53.9 Å². The van der Waals surface area contributed by atoms with Crippen molar-refractivity contribution in [3.05, 3.63) is 0 Å². The largest absolute Gasteiger partial charge is 0.355 e. The minimum Gasteiger partial charge on any atom is -0.355 e. The van der Waals surface area contributed by atoms with Crippen molar-refractivity contribution >= 4 is 42.9 Å². The zero-order valence-corrected chi connectivity index (χ0v) is 21.9. The van der Waals surface area contributed by atoms with Crippen LogP contribution in [0, 0.1) is 17.8 Å². The molecule has 1 aliphatic rings. The Labute approximate surface area is 171 Å². The van der Waals surface area contributed by atoms with Crippen LogP contribution in [0.3, 0.4) is 0 Å². The molecule has 0 bridgehead atoms. The number of hydrogen-bond donors (Lipinski definition) is 2. The lowest BCUT2D eigenvalue weighted by atomic mass is 9.73. The van der Waals surface area contributed by atoms with Gasteiger partial charge in [-0.15, -0.1) is 37.0 Å². The van der Waals surface area contributed by atoms with Crippen molar-refractivity contribution in [3.8, 4) is 0 Å². The number of nitrogens with one attached hydrogen (secondary N) is 2. The zero-order valence-electron chi connectivity index (χ0n) is 17.3. The first kappa shape index (κ1) is 25.2. The van der Waals surface area contributed by atoms with E-state index in [0.29, 0.717) is 47.7 Å². The normalized spacial score (nSPS) is 35.4. The van der Waals surface area contributed by atoms with Crippen molar-refractivity contribution in [2.45, 2.75) is 82.4 Å². The van der Waals surface area contributed by atoms with Crippen LogP contribution in [0.5, 0.6) is 0 Å². The Morgan fingerprint density at radius 2 is 1.65 bits per heavy atom. The molecule has 0 aliphatic carbocycles. The second-order valence-corrected chi connectivity index (χ2v) is 11.2. The summed E-state index contributed by atoms with van der Waals surface area (Å²) in [6.45, 7) is 12.3. The molecule has 1 fully saturated rings. The van der Waals surface area contributed by atoms with Crippen molar-refractivity contribution in [1.29, 1.82) is 0 Å². The lowest BCUT2D eigenvalue weighted by Crippen LogP contribution is -2.62. The van der Waals surface area contributed by atoms with Gasteiger partial charge in [0.1, 0.15) is 0 Å². The van der Waals surface area contributed by atoms with Gasteiger partial charge in [0, 0.05) is 24.5 Å². The highest BCUT2D eigenvalue weighted by Crippen LogP contribution is 2.36. The van der Waals surface area contributed by atoms with E-state index in [1.807, 2.05) is 0 Å². The SMILES string of the molecule is CCC(C)C(C)(NC1CNC(=O)CC(CP)C(P)C(P)C1P)C(C)CC. The second-order valence-electron chi connectivity index (χ2n) is 8.39. The van der Waals surface area contributed by atoms with Crippen molar-refractivity contribution in [3.63, 3.8) is 0 Å². The van der Waals surface area contributed by atoms with Crippen molar-refractivity contribution < 1.29 is 4.79 Å². The molecule has 3 nitrogen and oxygen atoms in total. The molecular formula is C19H42N2OP4. The van der Waals surface area contributed by atoms with E-state index in [9.17, 15) is 4.79 Å². The molecule has 1 aliphatic heterocycles. The molecule has 7 heteroatoms. The summed E-state index contributed by atoms with van der Waals surface area (Å²) in [6.07, 6.45) is 3.88. The minimum absolute atomic E-state index is 0.0581. The molecule has 11 atom stereocenters. The highest BCUT2D eigenvalue weighted by molar-refractivity contribution is 7.26. The van der Waals surface area contributed by atoms with Gasteiger partial charge in [-0.2, -0.15) is 0 Å². The fourth-order valence-corrected chi connectivity index (χ4v) is 6.72. The van der Waals surface area contributed by atoms with Crippen LogP contribution in [0.25, 0.3) is 0 Å². The molecule has 0 saturated carbocycles. The molecule has 154 valence electrons. The lowest BCUT2D eigenvalue weighted by molar-refractivity contribution is -0.121. The first-order chi connectivity index (χ1) is 12.1. The zero-order chi connectivity index (χ0) is 20.1. The van der Waals surface area contributed by atoms with Gasteiger partial charge in [-0.3, -0.25) is 4.79 Å². The predicted molar refractivity (Wildman–Crippen MR) is 130 cm³/mol. The topological polar surface area (TPSA) is 41.1 Å². The van der Waals surface area contributed by atoms with Crippen LogP contribution in [-0.2, 0) is 4.79 Å². The van der Waals surface area contributed by atoms with E-state index in [2.05, 4.69) is 82.2 Å². The third-order valence-corrected chi connectivity index (χ3v) is 11.2. The summed E-state index contributed by atoms with van der Waals surface area (Å²) in [4.78, 5) is 12.4. The first-order valence-corrected chi connectivity index (χ1v) is 12.9. The Morgan fingerprint density at radius 3 is 2.12 bits per heavy atom. The highest BCUT2D eigenvalue weighted by Gasteiger charge is 2.40. The average Bonchev–Trinajstić information content (AvgIpc) is 2.67. The molecular weight excluding hydrogens is 396 g/mol. The fourth-order valence-electron chi connectivity index (χ4n) is 4.05. The van der Waals surface area contributed by atoms with Gasteiger partial charge in [-0.05, 0) is 47.8 Å². The number of carbonyl (C=O) groups is 1. The molecule has 26 heavy (non-hydrogen) atoms. The minimum atomic E-state index is 0.0581. The number of rotatable bonds is 7. The quantitative estimate of drug-likeness (QED) is 0.597. The van der Waals surface area contributed by atoms with Gasteiger partial charge >= 0.3 is 0 Å². The predicted octanol–water partition coefficient (Wildman–Crippen LogP) is 3.54. The summed E-state index contributed by atoms with van der Waals surface area (Å²) >= 11 is 0. The Balaban J connectivity index is 3.12. The van der Waals surface area contributed by atoms with Gasteiger partial charge in [0.15, 0.2) is 0 Å². The molecule has 1 amide bonds. The van der Waals surface area contributed by atoms with Crippen LogP contribution < -0.4 is 10.6 Å². The molecule has 1 rings (SSSR count). The van der Waals surface area contributed by atoms with Crippen LogP contribution >= 0.6 is 37.0 Å². The number of hydrogen-bond acceptors (Lipinski definition) is 2. The molecule has 2 N–H and O–H groups in total. The smallest absolute Gasteiger partial charge is 0.220 e. The van der Waals surface area contributed by atoms with Gasteiger partial charge in [0.25, 0.3) is 0 Å². The Bertz CT molecular complexity index is 441. The third-order valence-electron chi connectivity index (χ3n) is 6.94. The maximum atomic E-state index is 12.4. The highest BCUT2D eigenvalue weighted by atomic mass is 31.0. The molecule has 0 aromatic rings. The summed E-state index contributed by atoms with van der Waals surface area (Å²) in [6, 6.07) is 0.241. The van der Waals surface area contributed by atoms with Crippen molar-refractivity contribution in [1.82, 2.24) is 10.6 Å². The molecule has 0 spiro atoms. The summed E-state index contributed by atoms with van der Waals surface area (Å²) < 4.78 is 0. The summed E-state index contributed by atoms with van der Waals surface area (Å²) in [5, 5.41) is 7.22. The van der Waals surface area contributed by atoms with Gasteiger partial charge in [0.2, 0.25) is 5.91 Å². The van der Waals surface area contributed by atoms with E-state index in [1.165, 1.54) is 0 Å². The maximum Gasteiger partial charge on any atom is 0.220 e. The van der Waals surface area contributed by atoms with Gasteiger partial charge in [-0.1, -0.05) is 40.5 Å². The Hall–Kier alpha value is 1.15. The Kier molecular flexibility index (Phi) is 11.0. The van der Waals surface area contributed by atoms with Gasteiger partial charge in [-0.25, -0.2) is 0 Å². The van der Waals surface area contributed by atoms with Crippen LogP contribution in [0.2, 0.25) is 0 Å². The molecule has 0 radical (unpaired) electrons. The second kappa shape index (κ2) is 11.4. The Morgan fingerprint density at radius 1 is 1.12 bits per heavy atom.